The topological polar surface area (TPSA) is 20.2 Å². The Morgan fingerprint density at radius 3 is 2.20 bits per heavy atom. The Morgan fingerprint density at radius 2 is 1.50 bits per heavy atom. The van der Waals surface area contributed by atoms with Crippen molar-refractivity contribution in [3.8, 4) is 0 Å². The van der Waals surface area contributed by atoms with Gasteiger partial charge in [-0.05, 0) is 62.7 Å². The Morgan fingerprint density at radius 1 is 0.850 bits per heavy atom. The van der Waals surface area contributed by atoms with Crippen molar-refractivity contribution in [3.63, 3.8) is 0 Å². The zero-order valence-electron chi connectivity index (χ0n) is 10.6. The summed E-state index contributed by atoms with van der Waals surface area (Å²) >= 11 is 5.83. The van der Waals surface area contributed by atoms with Crippen LogP contribution in [-0.2, 0) is 0 Å². The molecule has 3 aromatic rings. The molecule has 0 aliphatic carbocycles. The first-order valence-electron chi connectivity index (χ1n) is 6.27. The fraction of sp³-hybridized carbons (Fsp3) is 0.0588. The smallest absolute Gasteiger partial charge is 0.105 e. The molecular weight excluding hydrogens is 427 g/mol. The largest absolute Gasteiger partial charge is 0.384 e. The number of hydrogen-bond acceptors (Lipinski definition) is 1. The number of aliphatic hydroxyl groups is 1. The van der Waals surface area contributed by atoms with Crippen LogP contribution in [0.3, 0.4) is 0 Å². The SMILES string of the molecule is OC(c1ccc(I)cc1)c1ccc(Br)c2ccccc12. The van der Waals surface area contributed by atoms with Crippen molar-refractivity contribution in [1.82, 2.24) is 0 Å². The quantitative estimate of drug-likeness (QED) is 0.539. The van der Waals surface area contributed by atoms with Gasteiger partial charge in [-0.1, -0.05) is 58.4 Å². The summed E-state index contributed by atoms with van der Waals surface area (Å²) in [6.45, 7) is 0. The highest BCUT2D eigenvalue weighted by molar-refractivity contribution is 14.1. The van der Waals surface area contributed by atoms with E-state index in [4.69, 9.17) is 0 Å². The lowest BCUT2D eigenvalue weighted by Crippen LogP contribution is -2.00. The molecule has 0 saturated heterocycles. The maximum Gasteiger partial charge on any atom is 0.105 e. The van der Waals surface area contributed by atoms with Crippen LogP contribution in [0.1, 0.15) is 17.2 Å². The molecule has 0 aliphatic heterocycles. The second-order valence-electron chi connectivity index (χ2n) is 4.64. The standard InChI is InChI=1S/C17H12BrIO/c18-16-10-9-15(13-3-1-2-4-14(13)16)17(20)11-5-7-12(19)8-6-11/h1-10,17,20H. The van der Waals surface area contributed by atoms with Crippen LogP contribution in [0, 0.1) is 3.57 Å². The number of aliphatic hydroxyl groups excluding tert-OH is 1. The van der Waals surface area contributed by atoms with E-state index in [1.807, 2.05) is 54.6 Å². The second kappa shape index (κ2) is 5.84. The third kappa shape index (κ3) is 2.62. The molecule has 1 unspecified atom stereocenters. The van der Waals surface area contributed by atoms with E-state index in [0.29, 0.717) is 0 Å². The zero-order valence-corrected chi connectivity index (χ0v) is 14.3. The first kappa shape index (κ1) is 14.0. The van der Waals surface area contributed by atoms with Gasteiger partial charge in [-0.15, -0.1) is 0 Å². The number of halogens is 2. The van der Waals surface area contributed by atoms with Crippen LogP contribution >= 0.6 is 38.5 Å². The predicted octanol–water partition coefficient (Wildman–Crippen LogP) is 5.29. The van der Waals surface area contributed by atoms with E-state index < -0.39 is 6.10 Å². The van der Waals surface area contributed by atoms with Crippen LogP contribution in [0.4, 0.5) is 0 Å². The van der Waals surface area contributed by atoms with Crippen molar-refractivity contribution in [2.75, 3.05) is 0 Å². The minimum Gasteiger partial charge on any atom is -0.384 e. The van der Waals surface area contributed by atoms with E-state index in [1.54, 1.807) is 0 Å². The van der Waals surface area contributed by atoms with E-state index >= 15 is 0 Å². The molecule has 0 bridgehead atoms. The molecule has 0 amide bonds. The minimum atomic E-state index is -0.606. The lowest BCUT2D eigenvalue weighted by Gasteiger charge is -2.15. The van der Waals surface area contributed by atoms with Gasteiger partial charge in [0.05, 0.1) is 0 Å². The molecule has 3 heteroatoms. The van der Waals surface area contributed by atoms with E-state index in [2.05, 4.69) is 44.6 Å². The summed E-state index contributed by atoms with van der Waals surface area (Å²) in [6, 6.07) is 20.1. The van der Waals surface area contributed by atoms with Gasteiger partial charge in [0.1, 0.15) is 6.10 Å². The number of benzene rings is 3. The first-order chi connectivity index (χ1) is 9.66. The molecule has 20 heavy (non-hydrogen) atoms. The molecular formula is C17H12BrIO. The fourth-order valence-electron chi connectivity index (χ4n) is 2.35. The molecule has 1 nitrogen and oxygen atoms in total. The fourth-order valence-corrected chi connectivity index (χ4v) is 3.19. The van der Waals surface area contributed by atoms with Crippen molar-refractivity contribution >= 4 is 49.3 Å². The molecule has 100 valence electrons. The Hall–Kier alpha value is -0.910. The van der Waals surface area contributed by atoms with Crippen molar-refractivity contribution in [3.05, 3.63) is 79.8 Å². The Balaban J connectivity index is 2.14. The van der Waals surface area contributed by atoms with Crippen molar-refractivity contribution in [2.24, 2.45) is 0 Å². The summed E-state index contributed by atoms with van der Waals surface area (Å²) in [5, 5.41) is 12.9. The van der Waals surface area contributed by atoms with Gasteiger partial charge < -0.3 is 5.11 Å². The van der Waals surface area contributed by atoms with Gasteiger partial charge in [-0.25, -0.2) is 0 Å². The lowest BCUT2D eigenvalue weighted by molar-refractivity contribution is 0.222. The van der Waals surface area contributed by atoms with Gasteiger partial charge in [0.2, 0.25) is 0 Å². The maximum atomic E-state index is 10.7. The van der Waals surface area contributed by atoms with Gasteiger partial charge in [-0.3, -0.25) is 0 Å². The van der Waals surface area contributed by atoms with E-state index in [1.165, 1.54) is 3.57 Å². The van der Waals surface area contributed by atoms with Crippen molar-refractivity contribution < 1.29 is 5.11 Å². The van der Waals surface area contributed by atoms with Crippen LogP contribution in [0.2, 0.25) is 0 Å². The third-order valence-electron chi connectivity index (χ3n) is 3.38. The lowest BCUT2D eigenvalue weighted by atomic mass is 9.96. The third-order valence-corrected chi connectivity index (χ3v) is 4.80. The molecule has 1 atom stereocenters. The summed E-state index contributed by atoms with van der Waals surface area (Å²) in [4.78, 5) is 0. The van der Waals surface area contributed by atoms with Gasteiger partial charge in [0, 0.05) is 8.04 Å². The zero-order chi connectivity index (χ0) is 14.1. The minimum absolute atomic E-state index is 0.606. The summed E-state index contributed by atoms with van der Waals surface area (Å²) in [5.74, 6) is 0. The van der Waals surface area contributed by atoms with Crippen LogP contribution in [0.5, 0.6) is 0 Å². The summed E-state index contributed by atoms with van der Waals surface area (Å²) in [6.07, 6.45) is -0.606. The number of rotatable bonds is 2. The highest BCUT2D eigenvalue weighted by Crippen LogP contribution is 2.33. The van der Waals surface area contributed by atoms with Gasteiger partial charge in [0.25, 0.3) is 0 Å². The van der Waals surface area contributed by atoms with Crippen LogP contribution in [0.15, 0.2) is 65.1 Å². The van der Waals surface area contributed by atoms with E-state index in [9.17, 15) is 5.11 Å². The molecule has 0 saturated carbocycles. The molecule has 0 aromatic heterocycles. The van der Waals surface area contributed by atoms with Crippen LogP contribution in [-0.4, -0.2) is 5.11 Å². The average molecular weight is 439 g/mol. The summed E-state index contributed by atoms with van der Waals surface area (Å²) < 4.78 is 2.21. The maximum absolute atomic E-state index is 10.7. The molecule has 3 rings (SSSR count). The molecule has 0 fully saturated rings. The highest BCUT2D eigenvalue weighted by atomic mass is 127. The van der Waals surface area contributed by atoms with Gasteiger partial charge >= 0.3 is 0 Å². The molecule has 0 spiro atoms. The molecule has 0 aliphatic rings. The monoisotopic (exact) mass is 438 g/mol. The van der Waals surface area contributed by atoms with Crippen LogP contribution < -0.4 is 0 Å². The molecule has 3 aromatic carbocycles. The van der Waals surface area contributed by atoms with E-state index in [-0.39, 0.29) is 0 Å². The van der Waals surface area contributed by atoms with Gasteiger partial charge in [0.15, 0.2) is 0 Å². The predicted molar refractivity (Wildman–Crippen MR) is 94.9 cm³/mol. The molecule has 0 radical (unpaired) electrons. The number of fused-ring (bicyclic) bond motifs is 1. The Bertz CT molecular complexity index is 753. The molecule has 0 heterocycles. The van der Waals surface area contributed by atoms with Crippen molar-refractivity contribution in [1.29, 1.82) is 0 Å². The van der Waals surface area contributed by atoms with E-state index in [0.717, 1.165) is 26.4 Å². The first-order valence-corrected chi connectivity index (χ1v) is 8.14. The summed E-state index contributed by atoms with van der Waals surface area (Å²) in [5.41, 5.74) is 1.85. The second-order valence-corrected chi connectivity index (χ2v) is 6.74. The van der Waals surface area contributed by atoms with Crippen molar-refractivity contribution in [2.45, 2.75) is 6.10 Å². The highest BCUT2D eigenvalue weighted by Gasteiger charge is 2.14. The summed E-state index contributed by atoms with van der Waals surface area (Å²) in [7, 11) is 0. The Kier molecular flexibility index (Phi) is 4.10. The Labute approximate surface area is 139 Å². The van der Waals surface area contributed by atoms with Crippen LogP contribution in [0.25, 0.3) is 10.8 Å². The number of hydrogen-bond donors (Lipinski definition) is 1. The average Bonchev–Trinajstić information content (AvgIpc) is 2.48. The molecule has 1 N–H and O–H groups in total. The van der Waals surface area contributed by atoms with Gasteiger partial charge in [-0.2, -0.15) is 0 Å². The normalized spacial score (nSPS) is 12.6.